The van der Waals surface area contributed by atoms with Crippen molar-refractivity contribution >= 4 is 39.0 Å². The molecule has 0 aliphatic rings. The van der Waals surface area contributed by atoms with Gasteiger partial charge in [-0.3, -0.25) is 0 Å². The Kier molecular flexibility index (Phi) is 6.39. The van der Waals surface area contributed by atoms with E-state index in [1.54, 1.807) is 13.3 Å². The molecule has 0 aliphatic heterocycles. The van der Waals surface area contributed by atoms with Gasteiger partial charge in [0.15, 0.2) is 0 Å². The first kappa shape index (κ1) is 14.3. The van der Waals surface area contributed by atoms with Gasteiger partial charge in [-0.05, 0) is 28.1 Å². The minimum Gasteiger partial charge on any atom is -0.393 e. The highest BCUT2D eigenvalue weighted by molar-refractivity contribution is 9.10. The summed E-state index contributed by atoms with van der Waals surface area (Å²) in [4.78, 5) is 6.97. The van der Waals surface area contributed by atoms with Crippen molar-refractivity contribution in [2.75, 3.05) is 31.7 Å². The van der Waals surface area contributed by atoms with E-state index in [0.717, 1.165) is 23.4 Å². The van der Waals surface area contributed by atoms with Crippen LogP contribution in [0.3, 0.4) is 0 Å². The monoisotopic (exact) mass is 317 g/mol. The van der Waals surface area contributed by atoms with Crippen molar-refractivity contribution in [3.8, 4) is 0 Å². The summed E-state index contributed by atoms with van der Waals surface area (Å²) in [5, 5.41) is 0. The van der Waals surface area contributed by atoms with Gasteiger partial charge in [-0.2, -0.15) is 0 Å². The number of nitrogens with zero attached hydrogens (tertiary/aromatic N) is 2. The maximum Gasteiger partial charge on any atom is 0.142 e. The van der Waals surface area contributed by atoms with Crippen molar-refractivity contribution in [3.05, 3.63) is 22.8 Å². The maximum atomic E-state index is 5.53. The van der Waals surface area contributed by atoms with Crippen molar-refractivity contribution in [2.24, 2.45) is 5.73 Å². The van der Waals surface area contributed by atoms with Crippen LogP contribution >= 0.6 is 28.1 Å². The summed E-state index contributed by atoms with van der Waals surface area (Å²) in [6.45, 7) is 2.14. The lowest BCUT2D eigenvalue weighted by atomic mass is 10.3. The highest BCUT2D eigenvalue weighted by Crippen LogP contribution is 2.22. The third-order valence-electron chi connectivity index (χ3n) is 2.23. The highest BCUT2D eigenvalue weighted by atomic mass is 79.9. The molecule has 0 atom stereocenters. The van der Waals surface area contributed by atoms with Gasteiger partial charge in [-0.1, -0.05) is 12.2 Å². The van der Waals surface area contributed by atoms with Gasteiger partial charge in [-0.25, -0.2) is 4.98 Å². The van der Waals surface area contributed by atoms with Gasteiger partial charge in [0.05, 0.1) is 16.1 Å². The molecule has 1 aromatic rings. The lowest BCUT2D eigenvalue weighted by molar-refractivity contribution is 0.205. The second-order valence-electron chi connectivity index (χ2n) is 3.50. The number of nitrogens with two attached hydrogens (primary N) is 1. The minimum atomic E-state index is 0.513. The fourth-order valence-electron chi connectivity index (χ4n) is 1.38. The first-order valence-electron chi connectivity index (χ1n) is 5.28. The summed E-state index contributed by atoms with van der Waals surface area (Å²) < 4.78 is 6.05. The van der Waals surface area contributed by atoms with Crippen LogP contribution in [0.5, 0.6) is 0 Å². The predicted molar refractivity (Wildman–Crippen MR) is 77.4 cm³/mol. The summed E-state index contributed by atoms with van der Waals surface area (Å²) in [7, 11) is 1.68. The third kappa shape index (κ3) is 4.97. The van der Waals surface area contributed by atoms with Gasteiger partial charge in [0, 0.05) is 32.8 Å². The Morgan fingerprint density at radius 1 is 1.59 bits per heavy atom. The molecule has 0 aliphatic carbocycles. The van der Waals surface area contributed by atoms with E-state index in [1.165, 1.54) is 0 Å². The molecular formula is C11H16BrN3OS. The molecule has 0 fully saturated rings. The quantitative estimate of drug-likeness (QED) is 0.779. The lowest BCUT2D eigenvalue weighted by Crippen LogP contribution is -2.31. The van der Waals surface area contributed by atoms with Crippen molar-refractivity contribution in [1.82, 2.24) is 4.98 Å². The van der Waals surface area contributed by atoms with Crippen LogP contribution < -0.4 is 10.6 Å². The molecule has 0 aromatic carbocycles. The Bertz CT molecular complexity index is 375. The summed E-state index contributed by atoms with van der Waals surface area (Å²) >= 11 is 8.38. The van der Waals surface area contributed by atoms with E-state index >= 15 is 0 Å². The summed E-state index contributed by atoms with van der Waals surface area (Å²) in [5.41, 5.74) is 5.53. The van der Waals surface area contributed by atoms with Crippen molar-refractivity contribution < 1.29 is 4.74 Å². The van der Waals surface area contributed by atoms with E-state index < -0.39 is 0 Å². The van der Waals surface area contributed by atoms with Gasteiger partial charge >= 0.3 is 0 Å². The molecule has 94 valence electrons. The Labute approximate surface area is 115 Å². The SMILES string of the molecule is COCCN(CCC(N)=S)c1ncccc1Br. The molecule has 17 heavy (non-hydrogen) atoms. The number of anilines is 1. The number of hydrogen-bond donors (Lipinski definition) is 1. The van der Waals surface area contributed by atoms with Gasteiger partial charge < -0.3 is 15.4 Å². The number of hydrogen-bond acceptors (Lipinski definition) is 4. The Hall–Kier alpha value is -0.720. The Balaban J connectivity index is 2.74. The largest absolute Gasteiger partial charge is 0.393 e. The standard InChI is InChI=1S/C11H16BrN3OS/c1-16-8-7-15(6-4-10(13)17)11-9(12)3-2-5-14-11/h2-3,5H,4,6-8H2,1H3,(H2,13,17). The van der Waals surface area contributed by atoms with Crippen LogP contribution in [-0.2, 0) is 4.74 Å². The normalized spacial score (nSPS) is 10.2. The van der Waals surface area contributed by atoms with Crippen LogP contribution in [0.4, 0.5) is 5.82 Å². The topological polar surface area (TPSA) is 51.4 Å². The molecule has 2 N–H and O–H groups in total. The van der Waals surface area contributed by atoms with Crippen molar-refractivity contribution in [2.45, 2.75) is 6.42 Å². The van der Waals surface area contributed by atoms with Gasteiger partial charge in [-0.15, -0.1) is 0 Å². The molecule has 0 saturated carbocycles. The number of methoxy groups -OCH3 is 1. The van der Waals surface area contributed by atoms with E-state index in [-0.39, 0.29) is 0 Å². The first-order valence-corrected chi connectivity index (χ1v) is 6.48. The second kappa shape index (κ2) is 7.58. The Morgan fingerprint density at radius 3 is 2.94 bits per heavy atom. The third-order valence-corrected chi connectivity index (χ3v) is 3.06. The molecule has 0 radical (unpaired) electrons. The fraction of sp³-hybridized carbons (Fsp3) is 0.455. The lowest BCUT2D eigenvalue weighted by Gasteiger charge is -2.24. The van der Waals surface area contributed by atoms with Crippen LogP contribution in [0.25, 0.3) is 0 Å². The van der Waals surface area contributed by atoms with Gasteiger partial charge in [0.2, 0.25) is 0 Å². The predicted octanol–water partition coefficient (Wildman–Crippen LogP) is 1.97. The van der Waals surface area contributed by atoms with Crippen LogP contribution in [0.2, 0.25) is 0 Å². The number of ether oxygens (including phenoxy) is 1. The fourth-order valence-corrected chi connectivity index (χ4v) is 1.98. The molecule has 4 nitrogen and oxygen atoms in total. The molecule has 1 heterocycles. The molecule has 0 bridgehead atoms. The van der Waals surface area contributed by atoms with Crippen LogP contribution in [0.15, 0.2) is 22.8 Å². The minimum absolute atomic E-state index is 0.513. The summed E-state index contributed by atoms with van der Waals surface area (Å²) in [6.07, 6.45) is 2.43. The van der Waals surface area contributed by atoms with Crippen molar-refractivity contribution in [3.63, 3.8) is 0 Å². The van der Waals surface area contributed by atoms with E-state index in [4.69, 9.17) is 22.7 Å². The molecule has 0 unspecified atom stereocenters. The zero-order valence-corrected chi connectivity index (χ0v) is 12.1. The molecule has 0 amide bonds. The van der Waals surface area contributed by atoms with E-state index in [2.05, 4.69) is 25.8 Å². The van der Waals surface area contributed by atoms with E-state index in [0.29, 0.717) is 18.0 Å². The average molecular weight is 318 g/mol. The van der Waals surface area contributed by atoms with Gasteiger partial charge in [0.25, 0.3) is 0 Å². The number of thiocarbonyl (C=S) groups is 1. The van der Waals surface area contributed by atoms with Crippen LogP contribution in [0.1, 0.15) is 6.42 Å². The summed E-state index contributed by atoms with van der Waals surface area (Å²) in [5.74, 6) is 0.890. The highest BCUT2D eigenvalue weighted by Gasteiger charge is 2.11. The van der Waals surface area contributed by atoms with Gasteiger partial charge in [0.1, 0.15) is 5.82 Å². The zero-order chi connectivity index (χ0) is 12.7. The Morgan fingerprint density at radius 2 is 2.35 bits per heavy atom. The number of halogens is 1. The summed E-state index contributed by atoms with van der Waals surface area (Å²) in [6, 6.07) is 3.85. The van der Waals surface area contributed by atoms with Crippen molar-refractivity contribution in [1.29, 1.82) is 0 Å². The molecular weight excluding hydrogens is 302 g/mol. The van der Waals surface area contributed by atoms with E-state index in [9.17, 15) is 0 Å². The average Bonchev–Trinajstić information content (AvgIpc) is 2.30. The molecule has 0 spiro atoms. The molecule has 6 heteroatoms. The zero-order valence-electron chi connectivity index (χ0n) is 9.73. The number of pyridine rings is 1. The first-order chi connectivity index (χ1) is 8.15. The number of rotatable bonds is 7. The van der Waals surface area contributed by atoms with E-state index in [1.807, 2.05) is 12.1 Å². The molecule has 0 saturated heterocycles. The smallest absolute Gasteiger partial charge is 0.142 e. The molecule has 1 aromatic heterocycles. The second-order valence-corrected chi connectivity index (χ2v) is 4.88. The maximum absolute atomic E-state index is 5.53. The number of aromatic nitrogens is 1. The molecule has 1 rings (SSSR count). The van der Waals surface area contributed by atoms with Crippen LogP contribution in [0, 0.1) is 0 Å². The van der Waals surface area contributed by atoms with Crippen LogP contribution in [-0.4, -0.2) is 36.8 Å².